The third kappa shape index (κ3) is 3.16. The van der Waals surface area contributed by atoms with Crippen molar-refractivity contribution in [3.8, 4) is 0 Å². The summed E-state index contributed by atoms with van der Waals surface area (Å²) in [5, 5.41) is 3.03. The first kappa shape index (κ1) is 12.9. The number of piperidine rings is 1. The average molecular weight is 234 g/mol. The van der Waals surface area contributed by atoms with Gasteiger partial charge in [0, 0.05) is 12.5 Å². The Morgan fingerprint density at radius 1 is 1.40 bits per heavy atom. The maximum absolute atomic E-state index is 12.1. The number of hydrogen-bond donors (Lipinski definition) is 1. The second-order valence-corrected chi connectivity index (χ2v) is 5.64. The van der Waals surface area contributed by atoms with Crippen LogP contribution in [0.4, 0.5) is 0 Å². The van der Waals surface area contributed by atoms with Crippen LogP contribution in [-0.4, -0.2) is 30.5 Å². The van der Waals surface area contributed by atoms with E-state index >= 15 is 0 Å². The summed E-state index contributed by atoms with van der Waals surface area (Å²) in [6, 6.07) is -0.287. The van der Waals surface area contributed by atoms with Gasteiger partial charge in [0.25, 0.3) is 0 Å². The number of ether oxygens (including phenoxy) is 1. The maximum atomic E-state index is 12.1. The molecule has 1 saturated heterocycles. The number of rotatable bonds is 2. The first-order chi connectivity index (χ1) is 6.86. The van der Waals surface area contributed by atoms with Crippen LogP contribution in [0, 0.1) is 5.41 Å². The van der Waals surface area contributed by atoms with E-state index in [4.69, 9.17) is 16.3 Å². The second kappa shape index (κ2) is 4.81. The zero-order chi connectivity index (χ0) is 11.6. The molecule has 0 aromatic rings. The van der Waals surface area contributed by atoms with Crippen LogP contribution in [0.1, 0.15) is 33.6 Å². The van der Waals surface area contributed by atoms with E-state index in [1.165, 1.54) is 0 Å². The fourth-order valence-corrected chi connectivity index (χ4v) is 2.07. The van der Waals surface area contributed by atoms with Crippen LogP contribution in [0.3, 0.4) is 0 Å². The lowest BCUT2D eigenvalue weighted by atomic mass is 9.83. The molecule has 1 fully saturated rings. The maximum Gasteiger partial charge on any atom is 0.156 e. The Bertz CT molecular complexity index is 237. The van der Waals surface area contributed by atoms with Crippen LogP contribution in [0.5, 0.6) is 0 Å². The minimum atomic E-state index is -0.361. The SMILES string of the molecule is COC1CCC(Cl)C(C(=O)C(C)(C)C)N1. The summed E-state index contributed by atoms with van der Waals surface area (Å²) in [6.07, 6.45) is 1.63. The van der Waals surface area contributed by atoms with Gasteiger partial charge in [-0.05, 0) is 12.8 Å². The van der Waals surface area contributed by atoms with Crippen LogP contribution in [0.15, 0.2) is 0 Å². The zero-order valence-electron chi connectivity index (χ0n) is 9.84. The number of alkyl halides is 1. The van der Waals surface area contributed by atoms with Crippen LogP contribution < -0.4 is 5.32 Å². The van der Waals surface area contributed by atoms with E-state index in [1.807, 2.05) is 20.8 Å². The number of nitrogens with one attached hydrogen (secondary N) is 1. The number of Topliss-reactive ketones (excluding diaryl/α,β-unsaturated/α-hetero) is 1. The van der Waals surface area contributed by atoms with E-state index in [0.717, 1.165) is 12.8 Å². The molecule has 1 heterocycles. The predicted octanol–water partition coefficient (Wildman–Crippen LogP) is 1.93. The molecule has 3 unspecified atom stereocenters. The van der Waals surface area contributed by atoms with Gasteiger partial charge in [-0.25, -0.2) is 0 Å². The second-order valence-electron chi connectivity index (χ2n) is 5.08. The zero-order valence-corrected chi connectivity index (χ0v) is 10.6. The number of carbonyl (C=O) groups excluding carboxylic acids is 1. The Balaban J connectivity index is 2.70. The van der Waals surface area contributed by atoms with E-state index in [1.54, 1.807) is 7.11 Å². The Morgan fingerprint density at radius 2 is 2.00 bits per heavy atom. The van der Waals surface area contributed by atoms with Crippen molar-refractivity contribution in [2.75, 3.05) is 7.11 Å². The first-order valence-electron chi connectivity index (χ1n) is 5.33. The average Bonchev–Trinajstić information content (AvgIpc) is 2.16. The molecule has 0 aromatic heterocycles. The lowest BCUT2D eigenvalue weighted by Crippen LogP contribution is -2.56. The van der Waals surface area contributed by atoms with Crippen molar-refractivity contribution in [2.24, 2.45) is 5.41 Å². The van der Waals surface area contributed by atoms with E-state index in [9.17, 15) is 4.79 Å². The molecule has 0 aliphatic carbocycles. The van der Waals surface area contributed by atoms with E-state index < -0.39 is 0 Å². The normalized spacial score (nSPS) is 32.7. The molecule has 3 nitrogen and oxygen atoms in total. The monoisotopic (exact) mass is 233 g/mol. The van der Waals surface area contributed by atoms with Crippen LogP contribution in [-0.2, 0) is 9.53 Å². The molecule has 1 N–H and O–H groups in total. The molecule has 0 saturated carbocycles. The molecule has 0 radical (unpaired) electrons. The summed E-state index contributed by atoms with van der Waals surface area (Å²) in [5.41, 5.74) is -0.361. The quantitative estimate of drug-likeness (QED) is 0.741. The fourth-order valence-electron chi connectivity index (χ4n) is 1.76. The largest absolute Gasteiger partial charge is 0.367 e. The predicted molar refractivity (Wildman–Crippen MR) is 61.1 cm³/mol. The van der Waals surface area contributed by atoms with Gasteiger partial charge in [0.05, 0.1) is 11.4 Å². The molecule has 0 spiro atoms. The molecular weight excluding hydrogens is 214 g/mol. The molecule has 88 valence electrons. The molecule has 3 atom stereocenters. The Labute approximate surface area is 96.5 Å². The smallest absolute Gasteiger partial charge is 0.156 e. The van der Waals surface area contributed by atoms with Gasteiger partial charge < -0.3 is 4.74 Å². The van der Waals surface area contributed by atoms with E-state index in [-0.39, 0.29) is 28.8 Å². The molecule has 1 rings (SSSR count). The minimum absolute atomic E-state index is 0.0451. The lowest BCUT2D eigenvalue weighted by Gasteiger charge is -2.35. The first-order valence-corrected chi connectivity index (χ1v) is 5.77. The molecule has 0 amide bonds. The van der Waals surface area contributed by atoms with Crippen molar-refractivity contribution in [1.82, 2.24) is 5.32 Å². The van der Waals surface area contributed by atoms with Crippen LogP contribution >= 0.6 is 11.6 Å². The highest BCUT2D eigenvalue weighted by Gasteiger charge is 2.38. The lowest BCUT2D eigenvalue weighted by molar-refractivity contribution is -0.130. The highest BCUT2D eigenvalue weighted by atomic mass is 35.5. The van der Waals surface area contributed by atoms with Gasteiger partial charge in [-0.15, -0.1) is 11.6 Å². The van der Waals surface area contributed by atoms with Gasteiger partial charge in [0.1, 0.15) is 6.23 Å². The van der Waals surface area contributed by atoms with Gasteiger partial charge in [-0.2, -0.15) is 0 Å². The summed E-state index contributed by atoms with van der Waals surface area (Å²) in [7, 11) is 1.64. The van der Waals surface area contributed by atoms with Crippen LogP contribution in [0.25, 0.3) is 0 Å². The Morgan fingerprint density at radius 3 is 2.47 bits per heavy atom. The number of hydrogen-bond acceptors (Lipinski definition) is 3. The number of carbonyl (C=O) groups is 1. The van der Waals surface area contributed by atoms with Gasteiger partial charge in [-0.3, -0.25) is 10.1 Å². The van der Waals surface area contributed by atoms with Gasteiger partial charge in [0.15, 0.2) is 5.78 Å². The fraction of sp³-hybridized carbons (Fsp3) is 0.909. The van der Waals surface area contributed by atoms with Crippen molar-refractivity contribution < 1.29 is 9.53 Å². The molecule has 15 heavy (non-hydrogen) atoms. The van der Waals surface area contributed by atoms with Gasteiger partial charge in [0.2, 0.25) is 0 Å². The van der Waals surface area contributed by atoms with Crippen LogP contribution in [0.2, 0.25) is 0 Å². The van der Waals surface area contributed by atoms with Crippen molar-refractivity contribution >= 4 is 17.4 Å². The molecule has 0 bridgehead atoms. The highest BCUT2D eigenvalue weighted by molar-refractivity contribution is 6.23. The highest BCUT2D eigenvalue weighted by Crippen LogP contribution is 2.26. The topological polar surface area (TPSA) is 38.3 Å². The Hall–Kier alpha value is -0.120. The van der Waals surface area contributed by atoms with Crippen molar-refractivity contribution in [3.05, 3.63) is 0 Å². The Kier molecular flexibility index (Phi) is 4.15. The van der Waals surface area contributed by atoms with E-state index in [0.29, 0.717) is 0 Å². The number of halogens is 1. The number of ketones is 1. The molecule has 4 heteroatoms. The summed E-state index contributed by atoms with van der Waals surface area (Å²) < 4.78 is 5.21. The summed E-state index contributed by atoms with van der Waals surface area (Å²) in [4.78, 5) is 12.1. The van der Waals surface area contributed by atoms with Gasteiger partial charge >= 0.3 is 0 Å². The molecule has 0 aromatic carbocycles. The van der Waals surface area contributed by atoms with Crippen molar-refractivity contribution in [2.45, 2.75) is 51.3 Å². The molecular formula is C11H20ClNO2. The van der Waals surface area contributed by atoms with Gasteiger partial charge in [-0.1, -0.05) is 20.8 Å². The third-order valence-electron chi connectivity index (χ3n) is 2.74. The van der Waals surface area contributed by atoms with E-state index in [2.05, 4.69) is 5.32 Å². The van der Waals surface area contributed by atoms with Crippen molar-refractivity contribution in [3.63, 3.8) is 0 Å². The summed E-state index contributed by atoms with van der Waals surface area (Å²) in [6.45, 7) is 5.74. The molecule has 1 aliphatic rings. The third-order valence-corrected chi connectivity index (χ3v) is 3.21. The summed E-state index contributed by atoms with van der Waals surface area (Å²) >= 11 is 6.17. The number of methoxy groups -OCH3 is 1. The molecule has 1 aliphatic heterocycles. The minimum Gasteiger partial charge on any atom is -0.367 e. The standard InChI is InChI=1S/C11H20ClNO2/c1-11(2,3)10(14)9-7(12)5-6-8(13-9)15-4/h7-9,13H,5-6H2,1-4H3. The van der Waals surface area contributed by atoms with Crippen molar-refractivity contribution in [1.29, 1.82) is 0 Å². The summed E-state index contributed by atoms with van der Waals surface area (Å²) in [5.74, 6) is 0.157.